The second-order valence-corrected chi connectivity index (χ2v) is 4.79. The number of furan rings is 1. The number of carbonyl (C=O) groups is 2. The third-order valence-electron chi connectivity index (χ3n) is 2.83. The van der Waals surface area contributed by atoms with E-state index in [1.165, 1.54) is 0 Å². The molecule has 0 saturated heterocycles. The van der Waals surface area contributed by atoms with E-state index in [1.54, 1.807) is 44.2 Å². The van der Waals surface area contributed by atoms with Crippen LogP contribution in [0, 0.1) is 13.8 Å². The van der Waals surface area contributed by atoms with Crippen molar-refractivity contribution in [2.75, 3.05) is 0 Å². The lowest BCUT2D eigenvalue weighted by atomic mass is 10.0. The Morgan fingerprint density at radius 1 is 1.11 bits per heavy atom. The Balaban J connectivity index is 2.13. The van der Waals surface area contributed by atoms with Gasteiger partial charge in [-0.1, -0.05) is 11.6 Å². The van der Waals surface area contributed by atoms with Crippen LogP contribution in [0.15, 0.2) is 34.7 Å². The van der Waals surface area contributed by atoms with Gasteiger partial charge in [-0.25, -0.2) is 0 Å². The zero-order valence-electron chi connectivity index (χ0n) is 10.7. The first-order valence-corrected chi connectivity index (χ1v) is 6.24. The summed E-state index contributed by atoms with van der Waals surface area (Å²) in [5.41, 5.74) is 0.954. The van der Waals surface area contributed by atoms with E-state index in [4.69, 9.17) is 16.0 Å². The molecule has 3 nitrogen and oxygen atoms in total. The molecule has 0 N–H and O–H groups in total. The van der Waals surface area contributed by atoms with Crippen molar-refractivity contribution >= 4 is 23.2 Å². The molecule has 0 aliphatic heterocycles. The molecular formula is C15H13ClO3. The van der Waals surface area contributed by atoms with Crippen LogP contribution in [0.1, 0.15) is 38.7 Å². The van der Waals surface area contributed by atoms with E-state index in [0.29, 0.717) is 27.7 Å². The SMILES string of the molecule is Cc1cc(C(=O)CC(=O)c2ccc(Cl)cc2)c(C)o1. The third kappa shape index (κ3) is 3.12. The molecular weight excluding hydrogens is 264 g/mol. The lowest BCUT2D eigenvalue weighted by Crippen LogP contribution is -2.08. The van der Waals surface area contributed by atoms with Gasteiger partial charge in [0.2, 0.25) is 0 Å². The van der Waals surface area contributed by atoms with E-state index in [0.717, 1.165) is 0 Å². The Labute approximate surface area is 116 Å². The van der Waals surface area contributed by atoms with Crippen LogP contribution >= 0.6 is 11.6 Å². The average molecular weight is 277 g/mol. The van der Waals surface area contributed by atoms with E-state index < -0.39 is 0 Å². The van der Waals surface area contributed by atoms with Crippen molar-refractivity contribution in [2.24, 2.45) is 0 Å². The van der Waals surface area contributed by atoms with Gasteiger partial charge in [0, 0.05) is 10.6 Å². The number of aryl methyl sites for hydroxylation is 2. The Morgan fingerprint density at radius 2 is 1.74 bits per heavy atom. The Morgan fingerprint density at radius 3 is 2.26 bits per heavy atom. The minimum atomic E-state index is -0.227. The predicted molar refractivity (Wildman–Crippen MR) is 72.9 cm³/mol. The summed E-state index contributed by atoms with van der Waals surface area (Å²) < 4.78 is 5.29. The molecule has 0 amide bonds. The summed E-state index contributed by atoms with van der Waals surface area (Å²) in [6, 6.07) is 8.16. The van der Waals surface area contributed by atoms with Crippen molar-refractivity contribution in [3.8, 4) is 0 Å². The highest BCUT2D eigenvalue weighted by Gasteiger charge is 2.17. The first-order chi connectivity index (χ1) is 8.97. The molecule has 2 aromatic rings. The lowest BCUT2D eigenvalue weighted by molar-refractivity contribution is 0.0893. The fourth-order valence-corrected chi connectivity index (χ4v) is 2.01. The van der Waals surface area contributed by atoms with Crippen molar-refractivity contribution in [1.29, 1.82) is 0 Å². The quantitative estimate of drug-likeness (QED) is 0.626. The molecule has 0 bridgehead atoms. The zero-order valence-corrected chi connectivity index (χ0v) is 11.5. The van der Waals surface area contributed by atoms with Gasteiger partial charge in [-0.15, -0.1) is 0 Å². The summed E-state index contributed by atoms with van der Waals surface area (Å²) in [7, 11) is 0. The molecule has 1 aromatic heterocycles. The molecule has 19 heavy (non-hydrogen) atoms. The van der Waals surface area contributed by atoms with Crippen molar-refractivity contribution in [1.82, 2.24) is 0 Å². The van der Waals surface area contributed by atoms with Gasteiger partial charge in [-0.2, -0.15) is 0 Å². The van der Waals surface area contributed by atoms with Crippen molar-refractivity contribution in [3.63, 3.8) is 0 Å². The summed E-state index contributed by atoms with van der Waals surface area (Å²) in [6.45, 7) is 3.48. The Hall–Kier alpha value is -1.87. The zero-order chi connectivity index (χ0) is 14.0. The number of benzene rings is 1. The number of hydrogen-bond donors (Lipinski definition) is 0. The molecule has 0 aliphatic rings. The maximum Gasteiger partial charge on any atom is 0.174 e. The number of hydrogen-bond acceptors (Lipinski definition) is 3. The fraction of sp³-hybridized carbons (Fsp3) is 0.200. The molecule has 0 aliphatic carbocycles. The molecule has 0 radical (unpaired) electrons. The van der Waals surface area contributed by atoms with Crippen LogP contribution in [0.5, 0.6) is 0 Å². The van der Waals surface area contributed by atoms with E-state index in [-0.39, 0.29) is 18.0 Å². The van der Waals surface area contributed by atoms with E-state index in [9.17, 15) is 9.59 Å². The molecule has 0 unspecified atom stereocenters. The molecule has 98 valence electrons. The van der Waals surface area contributed by atoms with Gasteiger partial charge in [-0.3, -0.25) is 9.59 Å². The second kappa shape index (κ2) is 5.41. The van der Waals surface area contributed by atoms with E-state index in [2.05, 4.69) is 0 Å². The van der Waals surface area contributed by atoms with Crippen LogP contribution < -0.4 is 0 Å². The van der Waals surface area contributed by atoms with Crippen molar-refractivity contribution < 1.29 is 14.0 Å². The van der Waals surface area contributed by atoms with Gasteiger partial charge in [-0.05, 0) is 44.2 Å². The Kier molecular flexibility index (Phi) is 3.86. The summed E-state index contributed by atoms with van der Waals surface area (Å²) >= 11 is 5.75. The van der Waals surface area contributed by atoms with Gasteiger partial charge in [0.05, 0.1) is 12.0 Å². The summed E-state index contributed by atoms with van der Waals surface area (Å²) in [5.74, 6) is 0.764. The van der Waals surface area contributed by atoms with E-state index >= 15 is 0 Å². The van der Waals surface area contributed by atoms with Crippen LogP contribution in [-0.4, -0.2) is 11.6 Å². The highest BCUT2D eigenvalue weighted by molar-refractivity contribution is 6.30. The average Bonchev–Trinajstić information content (AvgIpc) is 2.69. The first-order valence-electron chi connectivity index (χ1n) is 5.86. The number of rotatable bonds is 4. The molecule has 4 heteroatoms. The molecule has 0 saturated carbocycles. The van der Waals surface area contributed by atoms with Crippen LogP contribution in [0.2, 0.25) is 5.02 Å². The summed E-state index contributed by atoms with van der Waals surface area (Å²) in [5, 5.41) is 0.559. The van der Waals surface area contributed by atoms with Gasteiger partial charge < -0.3 is 4.42 Å². The molecule has 0 fully saturated rings. The van der Waals surface area contributed by atoms with Gasteiger partial charge in [0.1, 0.15) is 11.5 Å². The predicted octanol–water partition coefficient (Wildman–Crippen LogP) is 4.01. The van der Waals surface area contributed by atoms with Gasteiger partial charge >= 0.3 is 0 Å². The molecule has 1 heterocycles. The van der Waals surface area contributed by atoms with Crippen LogP contribution in [0.3, 0.4) is 0 Å². The standard InChI is InChI=1S/C15H13ClO3/c1-9-7-13(10(2)19-9)15(18)8-14(17)11-3-5-12(16)6-4-11/h3-7H,8H2,1-2H3. The topological polar surface area (TPSA) is 47.3 Å². The molecule has 2 rings (SSSR count). The monoisotopic (exact) mass is 276 g/mol. The third-order valence-corrected chi connectivity index (χ3v) is 3.08. The maximum atomic E-state index is 12.0. The largest absolute Gasteiger partial charge is 0.466 e. The number of ketones is 2. The number of Topliss-reactive ketones (excluding diaryl/α,β-unsaturated/α-hetero) is 2. The van der Waals surface area contributed by atoms with Crippen molar-refractivity contribution in [3.05, 3.63) is 58.0 Å². The van der Waals surface area contributed by atoms with Crippen LogP contribution in [-0.2, 0) is 0 Å². The van der Waals surface area contributed by atoms with Crippen molar-refractivity contribution in [2.45, 2.75) is 20.3 Å². The maximum absolute atomic E-state index is 12.0. The minimum Gasteiger partial charge on any atom is -0.466 e. The lowest BCUT2D eigenvalue weighted by Gasteiger charge is -2.00. The molecule has 1 aromatic carbocycles. The first kappa shape index (κ1) is 13.6. The van der Waals surface area contributed by atoms with Crippen LogP contribution in [0.25, 0.3) is 0 Å². The normalized spacial score (nSPS) is 10.5. The fourth-order valence-electron chi connectivity index (χ4n) is 1.89. The summed E-state index contributed by atoms with van der Waals surface area (Å²) in [6.07, 6.45) is -0.165. The Bertz CT molecular complexity index is 623. The van der Waals surface area contributed by atoms with Gasteiger partial charge in [0.25, 0.3) is 0 Å². The number of halogens is 1. The highest BCUT2D eigenvalue weighted by Crippen LogP contribution is 2.17. The van der Waals surface area contributed by atoms with Crippen LogP contribution in [0.4, 0.5) is 0 Å². The molecule has 0 spiro atoms. The smallest absolute Gasteiger partial charge is 0.174 e. The van der Waals surface area contributed by atoms with Gasteiger partial charge in [0.15, 0.2) is 11.6 Å². The molecule has 0 atom stereocenters. The minimum absolute atomic E-state index is 0.165. The van der Waals surface area contributed by atoms with E-state index in [1.807, 2.05) is 0 Å². The summed E-state index contributed by atoms with van der Waals surface area (Å²) in [4.78, 5) is 24.0. The second-order valence-electron chi connectivity index (χ2n) is 4.36. The number of carbonyl (C=O) groups excluding carboxylic acids is 2. The highest BCUT2D eigenvalue weighted by atomic mass is 35.5.